The number of carbonyl (C=O) groups is 2. The lowest BCUT2D eigenvalue weighted by Crippen LogP contribution is -2.07. The summed E-state index contributed by atoms with van der Waals surface area (Å²) >= 11 is 0. The van der Waals surface area contributed by atoms with E-state index >= 15 is 0 Å². The van der Waals surface area contributed by atoms with Crippen LogP contribution in [0.15, 0.2) is 6.07 Å². The zero-order chi connectivity index (χ0) is 19.0. The normalized spacial score (nSPS) is 10.3. The van der Waals surface area contributed by atoms with Gasteiger partial charge in [-0.2, -0.15) is 0 Å². The van der Waals surface area contributed by atoms with E-state index < -0.39 is 34.0 Å². The Hall–Kier alpha value is -2.84. The first kappa shape index (κ1) is 20.2. The molecule has 138 valence electrons. The second-order valence-electron chi connectivity index (χ2n) is 5.11. The van der Waals surface area contributed by atoms with Gasteiger partial charge in [-0.3, -0.25) is 19.7 Å². The van der Waals surface area contributed by atoms with Crippen LogP contribution in [0.3, 0.4) is 0 Å². The fourth-order valence-corrected chi connectivity index (χ4v) is 2.26. The van der Waals surface area contributed by atoms with Gasteiger partial charge in [-0.15, -0.1) is 0 Å². The average molecular weight is 355 g/mol. The predicted molar refractivity (Wildman–Crippen MR) is 86.3 cm³/mol. The molecule has 2 N–H and O–H groups in total. The minimum atomic E-state index is -0.910. The fourth-order valence-electron chi connectivity index (χ4n) is 2.26. The second-order valence-corrected chi connectivity index (χ2v) is 5.11. The lowest BCUT2D eigenvalue weighted by atomic mass is 9.99. The number of aromatic hydroxyl groups is 2. The zero-order valence-electron chi connectivity index (χ0n) is 14.1. The number of phenolic OH excluding ortho intramolecular Hbond substituents is 2. The van der Waals surface area contributed by atoms with Gasteiger partial charge in [0.2, 0.25) is 11.5 Å². The first-order chi connectivity index (χ1) is 11.8. The number of benzene rings is 1. The molecule has 0 aliphatic carbocycles. The summed E-state index contributed by atoms with van der Waals surface area (Å²) in [4.78, 5) is 33.1. The molecule has 0 fully saturated rings. The number of ether oxygens (including phenoxy) is 2. The molecule has 0 atom stereocenters. The number of rotatable bonds is 9. The maximum atomic E-state index is 11.4. The Morgan fingerprint density at radius 1 is 1.00 bits per heavy atom. The highest BCUT2D eigenvalue weighted by Gasteiger charge is 2.27. The van der Waals surface area contributed by atoms with Gasteiger partial charge in [0.1, 0.15) is 0 Å². The Bertz CT molecular complexity index is 610. The van der Waals surface area contributed by atoms with Crippen molar-refractivity contribution in [2.75, 3.05) is 13.2 Å². The number of nitro benzene ring substituents is 1. The van der Waals surface area contributed by atoms with Crippen LogP contribution in [0, 0.1) is 10.1 Å². The van der Waals surface area contributed by atoms with E-state index in [2.05, 4.69) is 0 Å². The van der Waals surface area contributed by atoms with E-state index in [0.717, 1.165) is 0 Å². The van der Waals surface area contributed by atoms with Crippen molar-refractivity contribution in [2.24, 2.45) is 0 Å². The summed E-state index contributed by atoms with van der Waals surface area (Å²) < 4.78 is 9.55. The molecule has 0 bridgehead atoms. The minimum Gasteiger partial charge on any atom is -0.502 e. The van der Waals surface area contributed by atoms with E-state index in [-0.39, 0.29) is 50.0 Å². The van der Waals surface area contributed by atoms with Gasteiger partial charge in [-0.05, 0) is 32.8 Å². The van der Waals surface area contributed by atoms with Crippen LogP contribution in [-0.4, -0.2) is 40.3 Å². The standard InChI is InChI=1S/C16H21NO8/c1-3-24-12(18)7-5-10-9-11(6-8-13(19)25-4-2)16(21)14(15(10)20)17(22)23/h9,20-21H,3-8H2,1-2H3. The molecule has 0 heterocycles. The molecule has 9 heteroatoms. The summed E-state index contributed by atoms with van der Waals surface area (Å²) in [6.07, 6.45) is -0.169. The molecule has 1 aromatic carbocycles. The van der Waals surface area contributed by atoms with Crippen LogP contribution in [0.5, 0.6) is 11.5 Å². The van der Waals surface area contributed by atoms with E-state index in [1.807, 2.05) is 0 Å². The van der Waals surface area contributed by atoms with Crippen molar-refractivity contribution < 1.29 is 34.2 Å². The first-order valence-electron chi connectivity index (χ1n) is 7.84. The molecule has 0 saturated heterocycles. The first-order valence-corrected chi connectivity index (χ1v) is 7.84. The third kappa shape index (κ3) is 5.63. The monoisotopic (exact) mass is 355 g/mol. The summed E-state index contributed by atoms with van der Waals surface area (Å²) in [6.45, 7) is 3.69. The van der Waals surface area contributed by atoms with Crippen LogP contribution < -0.4 is 0 Å². The Labute approximate surface area is 144 Å². The Morgan fingerprint density at radius 2 is 1.40 bits per heavy atom. The number of hydrogen-bond donors (Lipinski definition) is 2. The SMILES string of the molecule is CCOC(=O)CCc1cc(CCC(=O)OCC)c(O)c([N+](=O)[O-])c1O. The van der Waals surface area contributed by atoms with Crippen molar-refractivity contribution in [1.82, 2.24) is 0 Å². The Kier molecular flexibility index (Phi) is 7.64. The highest BCUT2D eigenvalue weighted by atomic mass is 16.6. The maximum Gasteiger partial charge on any atom is 0.352 e. The molecular weight excluding hydrogens is 334 g/mol. The number of nitrogens with zero attached hydrogens (tertiary/aromatic N) is 1. The number of aryl methyl sites for hydroxylation is 2. The molecule has 0 amide bonds. The van der Waals surface area contributed by atoms with Crippen LogP contribution in [0.2, 0.25) is 0 Å². The van der Waals surface area contributed by atoms with E-state index in [1.165, 1.54) is 6.07 Å². The average Bonchev–Trinajstić information content (AvgIpc) is 2.53. The summed E-state index contributed by atoms with van der Waals surface area (Å²) in [6, 6.07) is 1.34. The van der Waals surface area contributed by atoms with Gasteiger partial charge in [0.05, 0.1) is 18.1 Å². The highest BCUT2D eigenvalue weighted by Crippen LogP contribution is 2.41. The van der Waals surface area contributed by atoms with Crippen molar-refractivity contribution in [3.63, 3.8) is 0 Å². The lowest BCUT2D eigenvalue weighted by molar-refractivity contribution is -0.387. The van der Waals surface area contributed by atoms with Gasteiger partial charge >= 0.3 is 17.6 Å². The third-order valence-corrected chi connectivity index (χ3v) is 3.40. The molecule has 0 aliphatic heterocycles. The Morgan fingerprint density at radius 3 is 1.72 bits per heavy atom. The van der Waals surface area contributed by atoms with Crippen molar-refractivity contribution in [2.45, 2.75) is 39.5 Å². The molecule has 1 aromatic rings. The van der Waals surface area contributed by atoms with Gasteiger partial charge in [0, 0.05) is 24.0 Å². The largest absolute Gasteiger partial charge is 0.502 e. The molecule has 0 aromatic heterocycles. The number of nitro groups is 1. The molecule has 0 radical (unpaired) electrons. The summed E-state index contributed by atoms with van der Waals surface area (Å²) in [5.74, 6) is -2.42. The number of esters is 2. The second kappa shape index (κ2) is 9.45. The van der Waals surface area contributed by atoms with Crippen LogP contribution in [-0.2, 0) is 31.9 Å². The molecule has 0 unspecified atom stereocenters. The minimum absolute atomic E-state index is 0.00179. The number of carbonyl (C=O) groups excluding carboxylic acids is 2. The van der Waals surface area contributed by atoms with E-state index in [1.54, 1.807) is 13.8 Å². The Balaban J connectivity index is 3.09. The van der Waals surface area contributed by atoms with Crippen LogP contribution >= 0.6 is 0 Å². The van der Waals surface area contributed by atoms with Crippen molar-refractivity contribution in [1.29, 1.82) is 0 Å². The van der Waals surface area contributed by atoms with E-state index in [0.29, 0.717) is 0 Å². The third-order valence-electron chi connectivity index (χ3n) is 3.40. The van der Waals surface area contributed by atoms with Crippen LogP contribution in [0.1, 0.15) is 37.8 Å². The molecule has 1 rings (SSSR count). The quantitative estimate of drug-likeness (QED) is 0.390. The lowest BCUT2D eigenvalue weighted by Gasteiger charge is -2.11. The van der Waals surface area contributed by atoms with E-state index in [9.17, 15) is 29.9 Å². The predicted octanol–water partition coefficient (Wildman–Crippen LogP) is 2.00. The van der Waals surface area contributed by atoms with Crippen molar-refractivity contribution in [3.05, 3.63) is 27.3 Å². The van der Waals surface area contributed by atoms with Crippen molar-refractivity contribution in [3.8, 4) is 11.5 Å². The summed E-state index contributed by atoms with van der Waals surface area (Å²) in [5, 5.41) is 31.2. The van der Waals surface area contributed by atoms with Crippen molar-refractivity contribution >= 4 is 17.6 Å². The highest BCUT2D eigenvalue weighted by molar-refractivity contribution is 5.72. The fraction of sp³-hybridized carbons (Fsp3) is 0.500. The molecule has 25 heavy (non-hydrogen) atoms. The molecule has 9 nitrogen and oxygen atoms in total. The number of hydrogen-bond acceptors (Lipinski definition) is 8. The van der Waals surface area contributed by atoms with Gasteiger partial charge in [0.25, 0.3) is 0 Å². The zero-order valence-corrected chi connectivity index (χ0v) is 14.1. The van der Waals surface area contributed by atoms with Crippen LogP contribution in [0.25, 0.3) is 0 Å². The summed E-state index contributed by atoms with van der Waals surface area (Å²) in [7, 11) is 0. The van der Waals surface area contributed by atoms with Gasteiger partial charge in [-0.25, -0.2) is 0 Å². The van der Waals surface area contributed by atoms with Gasteiger partial charge in [0.15, 0.2) is 0 Å². The smallest absolute Gasteiger partial charge is 0.352 e. The molecule has 0 aliphatic rings. The molecule has 0 saturated carbocycles. The van der Waals surface area contributed by atoms with Gasteiger partial charge in [-0.1, -0.05) is 0 Å². The topological polar surface area (TPSA) is 136 Å². The molecule has 0 spiro atoms. The van der Waals surface area contributed by atoms with Gasteiger partial charge < -0.3 is 19.7 Å². The summed E-state index contributed by atoms with van der Waals surface area (Å²) in [5.41, 5.74) is -0.604. The maximum absolute atomic E-state index is 11.4. The van der Waals surface area contributed by atoms with Crippen LogP contribution in [0.4, 0.5) is 5.69 Å². The van der Waals surface area contributed by atoms with E-state index in [4.69, 9.17) is 9.47 Å². The number of phenols is 2. The molecular formula is C16H21NO8.